The zero-order chi connectivity index (χ0) is 14.8. The standard InChI is InChI=1S/C15H25NO4/c1-12(17)6-8-20-15-5-4-14(19-3)10-13(15)11-16-7-9-18-2/h4-5,10,12,16-17H,6-9,11H2,1-3H3. The van der Waals surface area contributed by atoms with Crippen LogP contribution in [0.5, 0.6) is 11.5 Å². The quantitative estimate of drug-likeness (QED) is 0.638. The zero-order valence-corrected chi connectivity index (χ0v) is 12.5. The van der Waals surface area contributed by atoms with E-state index in [0.29, 0.717) is 26.2 Å². The molecule has 1 atom stereocenters. The van der Waals surface area contributed by atoms with E-state index in [9.17, 15) is 5.11 Å². The highest BCUT2D eigenvalue weighted by molar-refractivity contribution is 5.40. The van der Waals surface area contributed by atoms with Gasteiger partial charge in [0.1, 0.15) is 11.5 Å². The number of aliphatic hydroxyl groups is 1. The van der Waals surface area contributed by atoms with Gasteiger partial charge in [-0.1, -0.05) is 0 Å². The average molecular weight is 283 g/mol. The summed E-state index contributed by atoms with van der Waals surface area (Å²) in [6, 6.07) is 5.72. The Kier molecular flexibility index (Phi) is 8.02. The molecule has 0 amide bonds. The van der Waals surface area contributed by atoms with E-state index in [1.807, 2.05) is 18.2 Å². The van der Waals surface area contributed by atoms with Gasteiger partial charge < -0.3 is 24.6 Å². The normalized spacial score (nSPS) is 12.2. The van der Waals surface area contributed by atoms with Gasteiger partial charge in [0.15, 0.2) is 0 Å². The van der Waals surface area contributed by atoms with Gasteiger partial charge in [0.25, 0.3) is 0 Å². The minimum Gasteiger partial charge on any atom is -0.497 e. The highest BCUT2D eigenvalue weighted by Crippen LogP contribution is 2.24. The first-order chi connectivity index (χ1) is 9.67. The lowest BCUT2D eigenvalue weighted by Crippen LogP contribution is -2.19. The molecule has 0 aromatic heterocycles. The topological polar surface area (TPSA) is 60.0 Å². The van der Waals surface area contributed by atoms with Crippen LogP contribution in [0.25, 0.3) is 0 Å². The predicted octanol–water partition coefficient (Wildman–Crippen LogP) is 1.58. The highest BCUT2D eigenvalue weighted by Gasteiger charge is 2.06. The Morgan fingerprint density at radius 2 is 2.05 bits per heavy atom. The fraction of sp³-hybridized carbons (Fsp3) is 0.600. The fourth-order valence-corrected chi connectivity index (χ4v) is 1.70. The number of hydrogen-bond donors (Lipinski definition) is 2. The minimum atomic E-state index is -0.350. The number of methoxy groups -OCH3 is 2. The van der Waals surface area contributed by atoms with E-state index in [0.717, 1.165) is 23.6 Å². The van der Waals surface area contributed by atoms with Crippen LogP contribution >= 0.6 is 0 Å². The van der Waals surface area contributed by atoms with Crippen molar-refractivity contribution in [3.05, 3.63) is 23.8 Å². The molecule has 0 bridgehead atoms. The van der Waals surface area contributed by atoms with Crippen LogP contribution in [0.15, 0.2) is 18.2 Å². The molecular formula is C15H25NO4. The second-order valence-electron chi connectivity index (χ2n) is 4.63. The molecule has 5 heteroatoms. The number of ether oxygens (including phenoxy) is 3. The van der Waals surface area contributed by atoms with Crippen molar-refractivity contribution in [1.29, 1.82) is 0 Å². The highest BCUT2D eigenvalue weighted by atomic mass is 16.5. The number of rotatable bonds is 10. The Balaban J connectivity index is 2.60. The number of benzene rings is 1. The summed E-state index contributed by atoms with van der Waals surface area (Å²) in [4.78, 5) is 0. The van der Waals surface area contributed by atoms with Crippen molar-refractivity contribution in [3.63, 3.8) is 0 Å². The molecule has 0 radical (unpaired) electrons. The molecule has 5 nitrogen and oxygen atoms in total. The molecule has 0 aliphatic heterocycles. The predicted molar refractivity (Wildman–Crippen MR) is 78.4 cm³/mol. The van der Waals surface area contributed by atoms with Crippen molar-refractivity contribution in [2.45, 2.75) is 26.0 Å². The third-order valence-corrected chi connectivity index (χ3v) is 2.86. The summed E-state index contributed by atoms with van der Waals surface area (Å²) in [6.45, 7) is 4.38. The molecule has 0 heterocycles. The molecule has 1 rings (SSSR count). The van der Waals surface area contributed by atoms with Gasteiger partial charge in [-0.05, 0) is 25.1 Å². The van der Waals surface area contributed by atoms with Crippen LogP contribution in [0.1, 0.15) is 18.9 Å². The molecule has 20 heavy (non-hydrogen) atoms. The maximum Gasteiger partial charge on any atom is 0.124 e. The largest absolute Gasteiger partial charge is 0.497 e. The van der Waals surface area contributed by atoms with Crippen molar-refractivity contribution in [2.75, 3.05) is 34.0 Å². The van der Waals surface area contributed by atoms with E-state index in [2.05, 4.69) is 5.32 Å². The SMILES string of the molecule is COCCNCc1cc(OC)ccc1OCCC(C)O. The molecule has 0 spiro atoms. The molecule has 0 saturated heterocycles. The fourth-order valence-electron chi connectivity index (χ4n) is 1.70. The smallest absolute Gasteiger partial charge is 0.124 e. The van der Waals surface area contributed by atoms with Crippen molar-refractivity contribution in [1.82, 2.24) is 5.32 Å². The van der Waals surface area contributed by atoms with E-state index in [4.69, 9.17) is 14.2 Å². The second kappa shape index (κ2) is 9.58. The van der Waals surface area contributed by atoms with Gasteiger partial charge in [-0.15, -0.1) is 0 Å². The molecule has 0 aliphatic rings. The maximum atomic E-state index is 9.26. The molecule has 1 aromatic rings. The van der Waals surface area contributed by atoms with Crippen LogP contribution in [0.2, 0.25) is 0 Å². The van der Waals surface area contributed by atoms with Gasteiger partial charge in [-0.25, -0.2) is 0 Å². The third kappa shape index (κ3) is 6.23. The molecule has 2 N–H and O–H groups in total. The van der Waals surface area contributed by atoms with Crippen LogP contribution in [0, 0.1) is 0 Å². The van der Waals surface area contributed by atoms with Crippen LogP contribution in [0.4, 0.5) is 0 Å². The molecule has 0 aliphatic carbocycles. The number of aliphatic hydroxyl groups excluding tert-OH is 1. The van der Waals surface area contributed by atoms with Crippen molar-refractivity contribution >= 4 is 0 Å². The maximum absolute atomic E-state index is 9.26. The Labute approximate surface area is 120 Å². The summed E-state index contributed by atoms with van der Waals surface area (Å²) in [5, 5.41) is 12.5. The Morgan fingerprint density at radius 3 is 2.70 bits per heavy atom. The second-order valence-corrected chi connectivity index (χ2v) is 4.63. The van der Waals surface area contributed by atoms with Gasteiger partial charge in [0.2, 0.25) is 0 Å². The van der Waals surface area contributed by atoms with Gasteiger partial charge in [-0.3, -0.25) is 0 Å². The van der Waals surface area contributed by atoms with E-state index < -0.39 is 0 Å². The zero-order valence-electron chi connectivity index (χ0n) is 12.5. The average Bonchev–Trinajstić information content (AvgIpc) is 2.44. The summed E-state index contributed by atoms with van der Waals surface area (Å²) >= 11 is 0. The molecule has 0 fully saturated rings. The van der Waals surface area contributed by atoms with E-state index in [1.54, 1.807) is 21.1 Å². The first kappa shape index (κ1) is 16.8. The lowest BCUT2D eigenvalue weighted by atomic mass is 10.2. The first-order valence-electron chi connectivity index (χ1n) is 6.84. The van der Waals surface area contributed by atoms with Gasteiger partial charge in [-0.2, -0.15) is 0 Å². The monoisotopic (exact) mass is 283 g/mol. The Bertz CT molecular complexity index is 382. The summed E-state index contributed by atoms with van der Waals surface area (Å²) in [5.41, 5.74) is 1.03. The van der Waals surface area contributed by atoms with Gasteiger partial charge in [0, 0.05) is 32.2 Å². The third-order valence-electron chi connectivity index (χ3n) is 2.86. The van der Waals surface area contributed by atoms with Crippen molar-refractivity contribution in [2.24, 2.45) is 0 Å². The molecule has 1 unspecified atom stereocenters. The summed E-state index contributed by atoms with van der Waals surface area (Å²) < 4.78 is 15.9. The minimum absolute atomic E-state index is 0.350. The number of nitrogens with one attached hydrogen (secondary N) is 1. The summed E-state index contributed by atoms with van der Waals surface area (Å²) in [5.74, 6) is 1.62. The van der Waals surface area contributed by atoms with Gasteiger partial charge >= 0.3 is 0 Å². The van der Waals surface area contributed by atoms with E-state index in [-0.39, 0.29) is 6.10 Å². The van der Waals surface area contributed by atoms with Crippen molar-refractivity contribution < 1.29 is 19.3 Å². The lowest BCUT2D eigenvalue weighted by molar-refractivity contribution is 0.155. The molecular weight excluding hydrogens is 258 g/mol. The van der Waals surface area contributed by atoms with E-state index in [1.165, 1.54) is 0 Å². The summed E-state index contributed by atoms with van der Waals surface area (Å²) in [6.07, 6.45) is 0.263. The Morgan fingerprint density at radius 1 is 1.25 bits per heavy atom. The van der Waals surface area contributed by atoms with Crippen LogP contribution in [-0.4, -0.2) is 45.2 Å². The molecule has 114 valence electrons. The van der Waals surface area contributed by atoms with Crippen LogP contribution in [-0.2, 0) is 11.3 Å². The summed E-state index contributed by atoms with van der Waals surface area (Å²) in [7, 11) is 3.32. The van der Waals surface area contributed by atoms with Crippen LogP contribution in [0.3, 0.4) is 0 Å². The number of hydrogen-bond acceptors (Lipinski definition) is 5. The lowest BCUT2D eigenvalue weighted by Gasteiger charge is -2.14. The first-order valence-corrected chi connectivity index (χ1v) is 6.84. The van der Waals surface area contributed by atoms with Crippen LogP contribution < -0.4 is 14.8 Å². The molecule has 1 aromatic carbocycles. The van der Waals surface area contributed by atoms with Gasteiger partial charge in [0.05, 0.1) is 26.4 Å². The van der Waals surface area contributed by atoms with E-state index >= 15 is 0 Å². The molecule has 0 saturated carbocycles. The van der Waals surface area contributed by atoms with Crippen molar-refractivity contribution in [3.8, 4) is 11.5 Å². The Hall–Kier alpha value is -1.30.